The van der Waals surface area contributed by atoms with E-state index in [9.17, 15) is 9.90 Å². The molecule has 3 rings (SSSR count). The minimum atomic E-state index is -0.256. The van der Waals surface area contributed by atoms with Crippen LogP contribution in [0.4, 0.5) is 0 Å². The van der Waals surface area contributed by atoms with E-state index in [-0.39, 0.29) is 22.9 Å². The first-order chi connectivity index (χ1) is 13.9. The van der Waals surface area contributed by atoms with Crippen LogP contribution in [0.25, 0.3) is 0 Å². The van der Waals surface area contributed by atoms with E-state index in [1.165, 1.54) is 0 Å². The van der Waals surface area contributed by atoms with Crippen LogP contribution in [0.3, 0.4) is 0 Å². The van der Waals surface area contributed by atoms with Crippen molar-refractivity contribution in [3.63, 3.8) is 0 Å². The minimum absolute atomic E-state index is 0.135. The van der Waals surface area contributed by atoms with Gasteiger partial charge in [-0.05, 0) is 81.0 Å². The molecular weight excluding hydrogens is 364 g/mol. The van der Waals surface area contributed by atoms with E-state index in [0.29, 0.717) is 36.7 Å². The summed E-state index contributed by atoms with van der Waals surface area (Å²) >= 11 is 0. The Balaban J connectivity index is 1.73. The zero-order valence-corrected chi connectivity index (χ0v) is 18.7. The maximum absolute atomic E-state index is 13.9. The zero-order valence-electron chi connectivity index (χ0n) is 18.7. The molecule has 0 heterocycles. The number of rotatable bonds is 8. The van der Waals surface area contributed by atoms with Gasteiger partial charge in [0.1, 0.15) is 12.4 Å². The van der Waals surface area contributed by atoms with Crippen LogP contribution in [0.2, 0.25) is 0 Å². The van der Waals surface area contributed by atoms with Crippen molar-refractivity contribution in [2.75, 3.05) is 13.2 Å². The molecule has 3 aliphatic rings. The van der Waals surface area contributed by atoms with Gasteiger partial charge in [-0.1, -0.05) is 32.3 Å². The molecule has 0 unspecified atom stereocenters. The van der Waals surface area contributed by atoms with Gasteiger partial charge in [0.2, 0.25) is 0 Å². The molecule has 3 fully saturated rings. The van der Waals surface area contributed by atoms with E-state index in [0.717, 1.165) is 64.2 Å². The highest BCUT2D eigenvalue weighted by atomic mass is 16.6. The van der Waals surface area contributed by atoms with E-state index < -0.39 is 0 Å². The molecule has 7 atom stereocenters. The lowest BCUT2D eigenvalue weighted by Gasteiger charge is -2.58. The summed E-state index contributed by atoms with van der Waals surface area (Å²) < 4.78 is 0. The van der Waals surface area contributed by atoms with Crippen LogP contribution in [-0.2, 0) is 9.63 Å². The number of oxime groups is 1. The van der Waals surface area contributed by atoms with Gasteiger partial charge in [-0.15, -0.1) is 0 Å². The number of fused-ring (bicyclic) bond motifs is 3. The maximum atomic E-state index is 13.9. The largest absolute Gasteiger partial charge is 0.395 e. The minimum Gasteiger partial charge on any atom is -0.395 e. The summed E-state index contributed by atoms with van der Waals surface area (Å²) in [5.41, 5.74) is 5.42. The molecule has 0 amide bonds. The lowest BCUT2D eigenvalue weighted by molar-refractivity contribution is -0.157. The second-order valence-corrected chi connectivity index (χ2v) is 10.4. The van der Waals surface area contributed by atoms with Crippen molar-refractivity contribution in [2.45, 2.75) is 91.1 Å². The van der Waals surface area contributed by atoms with Gasteiger partial charge < -0.3 is 15.7 Å². The quantitative estimate of drug-likeness (QED) is 0.357. The Morgan fingerprint density at radius 2 is 2.07 bits per heavy atom. The highest BCUT2D eigenvalue weighted by Crippen LogP contribution is 2.61. The molecule has 3 saturated carbocycles. The van der Waals surface area contributed by atoms with E-state index in [1.54, 1.807) is 0 Å². The van der Waals surface area contributed by atoms with E-state index in [1.807, 2.05) is 6.21 Å². The summed E-state index contributed by atoms with van der Waals surface area (Å²) in [4.78, 5) is 19.0. The summed E-state index contributed by atoms with van der Waals surface area (Å²) in [5.74, 6) is 2.12. The average molecular weight is 407 g/mol. The number of carbonyl (C=O) groups excluding carboxylic acids is 1. The number of hydrogen-bond acceptors (Lipinski definition) is 5. The third kappa shape index (κ3) is 4.41. The molecule has 0 aliphatic heterocycles. The number of hydrogen-bond donors (Lipinski definition) is 2. The third-order valence-electron chi connectivity index (χ3n) is 8.83. The van der Waals surface area contributed by atoms with Crippen LogP contribution < -0.4 is 5.73 Å². The second-order valence-electron chi connectivity index (χ2n) is 10.4. The van der Waals surface area contributed by atoms with Crippen molar-refractivity contribution in [3.8, 4) is 0 Å². The molecule has 0 aromatic carbocycles. The van der Waals surface area contributed by atoms with Crippen LogP contribution in [0.5, 0.6) is 0 Å². The van der Waals surface area contributed by atoms with Gasteiger partial charge in [-0.2, -0.15) is 0 Å². The first-order valence-corrected chi connectivity index (χ1v) is 11.9. The van der Waals surface area contributed by atoms with Gasteiger partial charge in [0.25, 0.3) is 0 Å². The molecule has 0 spiro atoms. The van der Waals surface area contributed by atoms with Crippen molar-refractivity contribution in [3.05, 3.63) is 0 Å². The molecule has 0 bridgehead atoms. The predicted molar refractivity (Wildman–Crippen MR) is 117 cm³/mol. The Kier molecular flexibility index (Phi) is 7.42. The predicted octanol–water partition coefficient (Wildman–Crippen LogP) is 4.32. The first-order valence-electron chi connectivity index (χ1n) is 11.9. The van der Waals surface area contributed by atoms with Crippen molar-refractivity contribution in [1.29, 1.82) is 0 Å². The average Bonchev–Trinajstić information content (AvgIpc) is 2.70. The summed E-state index contributed by atoms with van der Waals surface area (Å²) in [5, 5.41) is 14.2. The lowest BCUT2D eigenvalue weighted by atomic mass is 9.45. The molecule has 166 valence electrons. The monoisotopic (exact) mass is 406 g/mol. The first kappa shape index (κ1) is 22.7. The summed E-state index contributed by atoms with van der Waals surface area (Å²) in [6.07, 6.45) is 11.8. The normalized spacial score (nSPS) is 41.1. The van der Waals surface area contributed by atoms with E-state index in [2.05, 4.69) is 25.9 Å². The standard InChI is InChI=1S/C24H42N2O3/c1-4-5-17(10-14-26-29-15-13-25)24(3)12-9-21-20(22(24)28)7-6-18-16-19(27)8-11-23(18,21)2/h14,17-21,27H,4-13,15-16,25H2,1-3H3/b26-14-/t17-,18+,19-,20+,21-,23-,24+/m0/s1. The molecule has 0 radical (unpaired) electrons. The van der Waals surface area contributed by atoms with Crippen molar-refractivity contribution < 1.29 is 14.7 Å². The Hall–Kier alpha value is -0.940. The van der Waals surface area contributed by atoms with Crippen molar-refractivity contribution in [2.24, 2.45) is 45.4 Å². The molecule has 29 heavy (non-hydrogen) atoms. The topological polar surface area (TPSA) is 84.9 Å². The van der Waals surface area contributed by atoms with Crippen LogP contribution in [-0.4, -0.2) is 36.4 Å². The molecule has 0 aromatic rings. The number of nitrogens with two attached hydrogens (primary N) is 1. The van der Waals surface area contributed by atoms with E-state index >= 15 is 0 Å². The molecule has 5 heteroatoms. The molecule has 0 aromatic heterocycles. The zero-order chi connectivity index (χ0) is 21.1. The molecule has 5 nitrogen and oxygen atoms in total. The number of aliphatic hydroxyl groups is 1. The molecule has 3 aliphatic carbocycles. The summed E-state index contributed by atoms with van der Waals surface area (Å²) in [6.45, 7) is 7.74. The smallest absolute Gasteiger partial charge is 0.142 e. The van der Waals surface area contributed by atoms with Crippen molar-refractivity contribution in [1.82, 2.24) is 0 Å². The Morgan fingerprint density at radius 1 is 1.28 bits per heavy atom. The lowest BCUT2D eigenvalue weighted by Crippen LogP contribution is -2.56. The van der Waals surface area contributed by atoms with Gasteiger partial charge in [0.05, 0.1) is 6.10 Å². The fraction of sp³-hybridized carbons (Fsp3) is 0.917. The van der Waals surface area contributed by atoms with E-state index in [4.69, 9.17) is 10.6 Å². The molecular formula is C24H42N2O3. The SMILES string of the molecule is CCC[C@@H](C/C=N\OCCN)[C@@]1(C)CC[C@H]2[C@@H](CC[C@@H]3C[C@@H](O)CC[C@@]32C)C1=O. The number of carbonyl (C=O) groups is 1. The fourth-order valence-corrected chi connectivity index (χ4v) is 7.00. The maximum Gasteiger partial charge on any atom is 0.142 e. The van der Waals surface area contributed by atoms with Crippen LogP contribution in [0.15, 0.2) is 5.16 Å². The third-order valence-corrected chi connectivity index (χ3v) is 8.83. The Bertz CT molecular complexity index is 595. The Morgan fingerprint density at radius 3 is 2.79 bits per heavy atom. The fourth-order valence-electron chi connectivity index (χ4n) is 7.00. The molecule has 0 saturated heterocycles. The van der Waals surface area contributed by atoms with Gasteiger partial charge in [0, 0.05) is 24.1 Å². The summed E-state index contributed by atoms with van der Waals surface area (Å²) in [6, 6.07) is 0. The highest BCUT2D eigenvalue weighted by molar-refractivity contribution is 5.88. The Labute approximate surface area is 176 Å². The van der Waals surface area contributed by atoms with Gasteiger partial charge >= 0.3 is 0 Å². The van der Waals surface area contributed by atoms with Crippen molar-refractivity contribution >= 4 is 12.0 Å². The van der Waals surface area contributed by atoms with Gasteiger partial charge in [0.15, 0.2) is 0 Å². The number of nitrogens with zero attached hydrogens (tertiary/aromatic N) is 1. The van der Waals surface area contributed by atoms with Gasteiger partial charge in [-0.25, -0.2) is 0 Å². The van der Waals surface area contributed by atoms with Crippen LogP contribution >= 0.6 is 0 Å². The van der Waals surface area contributed by atoms with Crippen LogP contribution in [0, 0.1) is 34.5 Å². The van der Waals surface area contributed by atoms with Crippen LogP contribution in [0.1, 0.15) is 85.0 Å². The number of aliphatic hydroxyl groups excluding tert-OH is 1. The van der Waals surface area contributed by atoms with Gasteiger partial charge in [-0.3, -0.25) is 4.79 Å². The number of Topliss-reactive ketones (excluding diaryl/α,β-unsaturated/α-hetero) is 1. The summed E-state index contributed by atoms with van der Waals surface area (Å²) in [7, 11) is 0. The number of ketones is 1. The molecule has 3 N–H and O–H groups in total. The second kappa shape index (κ2) is 9.47. The highest BCUT2D eigenvalue weighted by Gasteiger charge is 2.57.